The number of likely N-dealkylation sites (tertiary alicyclic amines) is 1. The summed E-state index contributed by atoms with van der Waals surface area (Å²) >= 11 is 6.86. The smallest absolute Gasteiger partial charge is 0.261 e. The summed E-state index contributed by atoms with van der Waals surface area (Å²) in [5.41, 5.74) is 0.533. The Bertz CT molecular complexity index is 1410. The van der Waals surface area contributed by atoms with Crippen molar-refractivity contribution in [1.82, 2.24) is 19.7 Å². The lowest BCUT2D eigenvalue weighted by atomic mass is 10.0. The number of piperazine rings is 1. The average molecular weight is 604 g/mol. The van der Waals surface area contributed by atoms with Crippen LogP contribution in [0.1, 0.15) is 36.5 Å². The lowest BCUT2D eigenvalue weighted by molar-refractivity contribution is -0.128. The number of halogens is 4. The fraction of sp³-hybridized carbons (Fsp3) is 0.500. The van der Waals surface area contributed by atoms with Gasteiger partial charge in [0.05, 0.1) is 11.7 Å². The summed E-state index contributed by atoms with van der Waals surface area (Å²) in [4.78, 5) is 38.8. The molecule has 0 aliphatic carbocycles. The molecule has 12 heteroatoms. The van der Waals surface area contributed by atoms with E-state index in [0.717, 1.165) is 0 Å². The number of pyridine rings is 1. The van der Waals surface area contributed by atoms with Crippen LogP contribution < -0.4 is 9.64 Å². The van der Waals surface area contributed by atoms with E-state index in [2.05, 4.69) is 11.5 Å². The fourth-order valence-corrected chi connectivity index (χ4v) is 6.89. The lowest BCUT2D eigenvalue weighted by Gasteiger charge is -2.39. The molecule has 2 amide bonds. The van der Waals surface area contributed by atoms with Crippen molar-refractivity contribution < 1.29 is 27.5 Å². The minimum atomic E-state index is -2.65. The van der Waals surface area contributed by atoms with Crippen LogP contribution >= 0.6 is 11.6 Å². The highest BCUT2D eigenvalue weighted by atomic mass is 35.5. The molecule has 0 N–H and O–H groups in total. The van der Waals surface area contributed by atoms with Crippen LogP contribution in [0.15, 0.2) is 36.9 Å². The first-order chi connectivity index (χ1) is 20.1. The van der Waals surface area contributed by atoms with E-state index in [4.69, 9.17) is 21.3 Å². The number of aromatic nitrogens is 1. The number of anilines is 1. The summed E-state index contributed by atoms with van der Waals surface area (Å²) in [6.45, 7) is 7.61. The van der Waals surface area contributed by atoms with Crippen molar-refractivity contribution in [3.8, 4) is 17.0 Å². The summed E-state index contributed by atoms with van der Waals surface area (Å²) in [6.07, 6.45) is 1.58. The van der Waals surface area contributed by atoms with E-state index in [9.17, 15) is 18.4 Å². The van der Waals surface area contributed by atoms with E-state index in [0.29, 0.717) is 38.4 Å². The van der Waals surface area contributed by atoms with Gasteiger partial charge < -0.3 is 19.4 Å². The van der Waals surface area contributed by atoms with Gasteiger partial charge in [0, 0.05) is 69.8 Å². The number of hydrogen-bond donors (Lipinski definition) is 0. The van der Waals surface area contributed by atoms with E-state index in [-0.39, 0.29) is 84.0 Å². The van der Waals surface area contributed by atoms with Crippen molar-refractivity contribution >= 4 is 29.2 Å². The third kappa shape index (κ3) is 5.10. The van der Waals surface area contributed by atoms with Gasteiger partial charge >= 0.3 is 0 Å². The Morgan fingerprint density at radius 3 is 2.57 bits per heavy atom. The van der Waals surface area contributed by atoms with Crippen LogP contribution in [-0.4, -0.2) is 101 Å². The highest BCUT2D eigenvalue weighted by Crippen LogP contribution is 2.45. The van der Waals surface area contributed by atoms with Crippen LogP contribution in [0.2, 0.25) is 5.02 Å². The van der Waals surface area contributed by atoms with Crippen molar-refractivity contribution in [2.75, 3.05) is 50.8 Å². The maximum atomic E-state index is 15.0. The number of rotatable bonds is 4. The molecule has 3 atom stereocenters. The number of amides is 2. The molecule has 2 aromatic rings. The molecule has 42 heavy (non-hydrogen) atoms. The molecule has 4 aliphatic rings. The second-order valence-electron chi connectivity index (χ2n) is 11.5. The number of fused-ring (bicyclic) bond motifs is 2. The molecule has 1 aromatic carbocycles. The molecule has 0 radical (unpaired) electrons. The molecule has 224 valence electrons. The SMILES string of the molecule is C=CC(=O)N1CCN2C(=O)c3c(N4CC(N5CCC(F)(F)CC5)C[C@@H]4C)nc(-c4ccccc4F)c(Cl)c3OCC2C1. The predicted octanol–water partition coefficient (Wildman–Crippen LogP) is 4.47. The van der Waals surface area contributed by atoms with Gasteiger partial charge in [0.25, 0.3) is 11.8 Å². The van der Waals surface area contributed by atoms with Crippen LogP contribution in [-0.2, 0) is 4.79 Å². The molecule has 4 aliphatic heterocycles. The standard InChI is InChI=1S/C30H33ClF3N5O3/c1-3-23(40)37-12-13-38-20(15-37)17-42-27-24(29(38)41)28(35-26(25(27)31)21-6-4-5-7-22(21)32)39-16-19(14-18(39)2)36-10-8-30(33,34)9-11-36/h3-7,18-20H,1,8-17H2,2H3/t18-,19?,20?/m0/s1. The van der Waals surface area contributed by atoms with Gasteiger partial charge in [0.1, 0.15) is 28.8 Å². The monoisotopic (exact) mass is 603 g/mol. The van der Waals surface area contributed by atoms with Crippen LogP contribution in [0.3, 0.4) is 0 Å². The van der Waals surface area contributed by atoms with Crippen molar-refractivity contribution in [3.05, 3.63) is 53.3 Å². The highest BCUT2D eigenvalue weighted by Gasteiger charge is 2.44. The Morgan fingerprint density at radius 1 is 1.12 bits per heavy atom. The maximum Gasteiger partial charge on any atom is 0.261 e. The summed E-state index contributed by atoms with van der Waals surface area (Å²) in [5, 5.41) is 0.0349. The molecule has 0 spiro atoms. The Hall–Kier alpha value is -3.31. The Balaban J connectivity index is 1.41. The molecule has 3 fully saturated rings. The summed E-state index contributed by atoms with van der Waals surface area (Å²) < 4.78 is 49.1. The highest BCUT2D eigenvalue weighted by molar-refractivity contribution is 6.35. The van der Waals surface area contributed by atoms with Crippen molar-refractivity contribution in [2.24, 2.45) is 0 Å². The minimum Gasteiger partial charge on any atom is -0.489 e. The molecule has 0 saturated carbocycles. The molecule has 1 aromatic heterocycles. The number of nitrogens with zero attached hydrogens (tertiary/aromatic N) is 5. The van der Waals surface area contributed by atoms with Gasteiger partial charge in [-0.15, -0.1) is 0 Å². The van der Waals surface area contributed by atoms with Gasteiger partial charge in [-0.25, -0.2) is 18.2 Å². The summed E-state index contributed by atoms with van der Waals surface area (Å²) in [6, 6.07) is 5.62. The van der Waals surface area contributed by atoms with Crippen LogP contribution in [0.5, 0.6) is 5.75 Å². The van der Waals surface area contributed by atoms with Gasteiger partial charge in [-0.05, 0) is 31.6 Å². The Morgan fingerprint density at radius 2 is 1.86 bits per heavy atom. The zero-order valence-corrected chi connectivity index (χ0v) is 24.1. The number of carbonyl (C=O) groups excluding carboxylic acids is 2. The van der Waals surface area contributed by atoms with E-state index >= 15 is 4.39 Å². The summed E-state index contributed by atoms with van der Waals surface area (Å²) in [5.74, 6) is -3.25. The minimum absolute atomic E-state index is 0.0100. The number of piperidine rings is 1. The van der Waals surface area contributed by atoms with Gasteiger partial charge in [-0.2, -0.15) is 0 Å². The normalized spacial score (nSPS) is 25.9. The van der Waals surface area contributed by atoms with E-state index in [1.54, 1.807) is 28.0 Å². The second kappa shape index (κ2) is 11.1. The molecule has 0 bridgehead atoms. The topological polar surface area (TPSA) is 69.2 Å². The van der Waals surface area contributed by atoms with Gasteiger partial charge in [0.2, 0.25) is 5.91 Å². The van der Waals surface area contributed by atoms with E-state index in [1.807, 2.05) is 11.8 Å². The van der Waals surface area contributed by atoms with Gasteiger partial charge in [-0.3, -0.25) is 14.5 Å². The molecule has 5 heterocycles. The number of ether oxygens (including phenoxy) is 1. The molecule has 6 rings (SSSR count). The van der Waals surface area contributed by atoms with Crippen molar-refractivity contribution in [2.45, 2.75) is 50.2 Å². The predicted molar refractivity (Wildman–Crippen MR) is 153 cm³/mol. The first-order valence-electron chi connectivity index (χ1n) is 14.3. The van der Waals surface area contributed by atoms with Crippen LogP contribution in [0, 0.1) is 5.82 Å². The number of alkyl halides is 2. The second-order valence-corrected chi connectivity index (χ2v) is 11.9. The summed E-state index contributed by atoms with van der Waals surface area (Å²) in [7, 11) is 0. The van der Waals surface area contributed by atoms with Gasteiger partial charge in [0.15, 0.2) is 5.75 Å². The zero-order chi connectivity index (χ0) is 29.8. The van der Waals surface area contributed by atoms with Crippen molar-refractivity contribution in [3.63, 3.8) is 0 Å². The molecule has 8 nitrogen and oxygen atoms in total. The van der Waals surface area contributed by atoms with Gasteiger partial charge in [-0.1, -0.05) is 30.3 Å². The molecule has 2 unspecified atom stereocenters. The average Bonchev–Trinajstić information content (AvgIpc) is 3.29. The quantitative estimate of drug-likeness (QED) is 0.481. The third-order valence-corrected chi connectivity index (χ3v) is 9.29. The zero-order valence-electron chi connectivity index (χ0n) is 23.4. The van der Waals surface area contributed by atoms with Crippen LogP contribution in [0.25, 0.3) is 11.3 Å². The largest absolute Gasteiger partial charge is 0.489 e. The number of carbonyl (C=O) groups is 2. The van der Waals surface area contributed by atoms with E-state index < -0.39 is 17.8 Å². The first kappa shape index (κ1) is 28.8. The number of benzene rings is 1. The Labute approximate surface area is 247 Å². The third-order valence-electron chi connectivity index (χ3n) is 8.94. The molecular formula is C30H33ClF3N5O3. The molecular weight excluding hydrogens is 571 g/mol. The number of hydrogen-bond acceptors (Lipinski definition) is 6. The fourth-order valence-electron chi connectivity index (χ4n) is 6.59. The van der Waals surface area contributed by atoms with Crippen molar-refractivity contribution in [1.29, 1.82) is 0 Å². The van der Waals surface area contributed by atoms with E-state index in [1.165, 1.54) is 12.1 Å². The lowest BCUT2D eigenvalue weighted by Crippen LogP contribution is -2.57. The molecule has 3 saturated heterocycles. The maximum absolute atomic E-state index is 15.0. The Kier molecular flexibility index (Phi) is 7.59. The first-order valence-corrected chi connectivity index (χ1v) is 14.7. The van der Waals surface area contributed by atoms with Crippen LogP contribution in [0.4, 0.5) is 19.0 Å².